The Balaban J connectivity index is 2.32. The highest BCUT2D eigenvalue weighted by molar-refractivity contribution is 6.06. The van der Waals surface area contributed by atoms with Crippen LogP contribution < -0.4 is 14.8 Å². The van der Waals surface area contributed by atoms with Crippen molar-refractivity contribution in [2.75, 3.05) is 19.5 Å². The lowest BCUT2D eigenvalue weighted by molar-refractivity contribution is -0.384. The van der Waals surface area contributed by atoms with Crippen LogP contribution >= 0.6 is 0 Å². The monoisotopic (exact) mass is 320 g/mol. The van der Waals surface area contributed by atoms with Crippen LogP contribution in [0.15, 0.2) is 36.4 Å². The second kappa shape index (κ2) is 6.73. The lowest BCUT2D eigenvalue weighted by Crippen LogP contribution is -2.14. The molecule has 8 heteroatoms. The number of nitrogens with zero attached hydrogens (tertiary/aromatic N) is 1. The molecule has 0 radical (unpaired) electrons. The normalized spacial score (nSPS) is 10.0. The number of nitro benzene ring substituents is 1. The fourth-order valence-electron chi connectivity index (χ4n) is 1.90. The number of halogens is 1. The predicted molar refractivity (Wildman–Crippen MR) is 80.6 cm³/mol. The SMILES string of the molecule is COc1ccc(C(=O)Nc2cc([N+](=O)[O-])ccc2F)c(OC)c1. The Morgan fingerprint density at radius 2 is 1.91 bits per heavy atom. The van der Waals surface area contributed by atoms with E-state index in [9.17, 15) is 19.3 Å². The summed E-state index contributed by atoms with van der Waals surface area (Å²) in [6.07, 6.45) is 0. The Morgan fingerprint density at radius 3 is 2.52 bits per heavy atom. The van der Waals surface area contributed by atoms with Crippen molar-refractivity contribution < 1.29 is 23.6 Å². The number of carbonyl (C=O) groups excluding carboxylic acids is 1. The summed E-state index contributed by atoms with van der Waals surface area (Å²) in [6, 6.07) is 7.36. The molecule has 1 N–H and O–H groups in total. The number of carbonyl (C=O) groups is 1. The maximum atomic E-state index is 13.7. The predicted octanol–water partition coefficient (Wildman–Crippen LogP) is 3.00. The summed E-state index contributed by atoms with van der Waals surface area (Å²) in [5.74, 6) is -0.729. The average Bonchev–Trinajstić information content (AvgIpc) is 2.55. The van der Waals surface area contributed by atoms with Crippen LogP contribution in [0.4, 0.5) is 15.8 Å². The van der Waals surface area contributed by atoms with E-state index < -0.39 is 16.6 Å². The molecule has 0 aromatic heterocycles. The van der Waals surface area contributed by atoms with Gasteiger partial charge in [0.05, 0.1) is 30.4 Å². The van der Waals surface area contributed by atoms with Gasteiger partial charge in [0.1, 0.15) is 17.3 Å². The molecule has 0 fully saturated rings. The molecular formula is C15H13FN2O5. The minimum atomic E-state index is -0.781. The fourth-order valence-corrected chi connectivity index (χ4v) is 1.90. The topological polar surface area (TPSA) is 90.7 Å². The minimum Gasteiger partial charge on any atom is -0.497 e. The quantitative estimate of drug-likeness (QED) is 0.675. The lowest BCUT2D eigenvalue weighted by atomic mass is 10.1. The molecule has 0 atom stereocenters. The number of methoxy groups -OCH3 is 2. The number of hydrogen-bond donors (Lipinski definition) is 1. The van der Waals surface area contributed by atoms with E-state index in [-0.39, 0.29) is 22.7 Å². The Morgan fingerprint density at radius 1 is 1.17 bits per heavy atom. The first-order valence-corrected chi connectivity index (χ1v) is 6.43. The van der Waals surface area contributed by atoms with Crippen LogP contribution in [0.5, 0.6) is 11.5 Å². The van der Waals surface area contributed by atoms with Crippen molar-refractivity contribution in [1.29, 1.82) is 0 Å². The zero-order chi connectivity index (χ0) is 17.0. The molecule has 1 amide bonds. The Hall–Kier alpha value is -3.16. The molecule has 2 rings (SSSR count). The number of benzene rings is 2. The van der Waals surface area contributed by atoms with Crippen molar-refractivity contribution in [3.8, 4) is 11.5 Å². The molecule has 0 spiro atoms. The van der Waals surface area contributed by atoms with Crippen LogP contribution in [0, 0.1) is 15.9 Å². The summed E-state index contributed by atoms with van der Waals surface area (Å²) in [4.78, 5) is 22.3. The molecular weight excluding hydrogens is 307 g/mol. The molecule has 0 saturated heterocycles. The van der Waals surface area contributed by atoms with Gasteiger partial charge in [-0.15, -0.1) is 0 Å². The largest absolute Gasteiger partial charge is 0.497 e. The third-order valence-corrected chi connectivity index (χ3v) is 3.06. The third-order valence-electron chi connectivity index (χ3n) is 3.06. The average molecular weight is 320 g/mol. The van der Waals surface area contributed by atoms with Gasteiger partial charge in [0, 0.05) is 18.2 Å². The highest BCUT2D eigenvalue weighted by atomic mass is 19.1. The summed E-state index contributed by atoms with van der Waals surface area (Å²) in [6.45, 7) is 0. The van der Waals surface area contributed by atoms with Gasteiger partial charge in [-0.3, -0.25) is 14.9 Å². The second-order valence-corrected chi connectivity index (χ2v) is 4.44. The number of nitro groups is 1. The van der Waals surface area contributed by atoms with Gasteiger partial charge in [-0.1, -0.05) is 0 Å². The van der Waals surface area contributed by atoms with Gasteiger partial charge in [-0.25, -0.2) is 4.39 Å². The molecule has 7 nitrogen and oxygen atoms in total. The van der Waals surface area contributed by atoms with E-state index in [1.165, 1.54) is 26.4 Å². The van der Waals surface area contributed by atoms with Crippen LogP contribution in [0.2, 0.25) is 0 Å². The van der Waals surface area contributed by atoms with Crippen LogP contribution in [0.1, 0.15) is 10.4 Å². The summed E-state index contributed by atoms with van der Waals surface area (Å²) >= 11 is 0. The van der Waals surface area contributed by atoms with Crippen molar-refractivity contribution in [3.05, 3.63) is 57.9 Å². The van der Waals surface area contributed by atoms with E-state index in [2.05, 4.69) is 5.32 Å². The van der Waals surface area contributed by atoms with Gasteiger partial charge in [-0.2, -0.15) is 0 Å². The number of hydrogen-bond acceptors (Lipinski definition) is 5. The first-order valence-electron chi connectivity index (χ1n) is 6.43. The summed E-state index contributed by atoms with van der Waals surface area (Å²) < 4.78 is 23.8. The van der Waals surface area contributed by atoms with Crippen molar-refractivity contribution in [2.45, 2.75) is 0 Å². The van der Waals surface area contributed by atoms with Crippen molar-refractivity contribution in [3.63, 3.8) is 0 Å². The fraction of sp³-hybridized carbons (Fsp3) is 0.133. The van der Waals surface area contributed by atoms with Crippen molar-refractivity contribution in [1.82, 2.24) is 0 Å². The molecule has 2 aromatic rings. The molecule has 0 heterocycles. The number of ether oxygens (including phenoxy) is 2. The van der Waals surface area contributed by atoms with E-state index in [0.29, 0.717) is 5.75 Å². The van der Waals surface area contributed by atoms with E-state index in [1.807, 2.05) is 0 Å². The number of amides is 1. The molecule has 2 aromatic carbocycles. The van der Waals surface area contributed by atoms with E-state index in [4.69, 9.17) is 9.47 Å². The molecule has 0 aliphatic carbocycles. The van der Waals surface area contributed by atoms with Crippen molar-refractivity contribution >= 4 is 17.3 Å². The number of rotatable bonds is 5. The molecule has 0 bridgehead atoms. The van der Waals surface area contributed by atoms with Gasteiger partial charge in [0.2, 0.25) is 0 Å². The number of non-ortho nitro benzene ring substituents is 1. The van der Waals surface area contributed by atoms with E-state index >= 15 is 0 Å². The second-order valence-electron chi connectivity index (χ2n) is 4.44. The molecule has 0 aliphatic heterocycles. The maximum absolute atomic E-state index is 13.7. The Labute approximate surface area is 130 Å². The minimum absolute atomic E-state index is 0.138. The molecule has 0 saturated carbocycles. The zero-order valence-electron chi connectivity index (χ0n) is 12.3. The lowest BCUT2D eigenvalue weighted by Gasteiger charge is -2.11. The van der Waals surface area contributed by atoms with Crippen LogP contribution in [0.25, 0.3) is 0 Å². The summed E-state index contributed by atoms with van der Waals surface area (Å²) in [7, 11) is 2.84. The van der Waals surface area contributed by atoms with Crippen LogP contribution in [-0.4, -0.2) is 25.1 Å². The molecule has 0 unspecified atom stereocenters. The van der Waals surface area contributed by atoms with Gasteiger partial charge in [-0.05, 0) is 18.2 Å². The standard InChI is InChI=1S/C15H13FN2O5/c1-22-10-4-5-11(14(8-10)23-2)15(19)17-13-7-9(18(20)21)3-6-12(13)16/h3-8H,1-2H3,(H,17,19). The first kappa shape index (κ1) is 16.2. The molecule has 23 heavy (non-hydrogen) atoms. The van der Waals surface area contributed by atoms with Gasteiger partial charge in [0.15, 0.2) is 0 Å². The summed E-state index contributed by atoms with van der Waals surface area (Å²) in [5, 5.41) is 13.0. The van der Waals surface area contributed by atoms with E-state index in [1.54, 1.807) is 6.07 Å². The zero-order valence-corrected chi connectivity index (χ0v) is 12.3. The third kappa shape index (κ3) is 3.54. The highest BCUT2D eigenvalue weighted by Crippen LogP contribution is 2.27. The Bertz CT molecular complexity index is 764. The smallest absolute Gasteiger partial charge is 0.271 e. The number of nitrogens with one attached hydrogen (secondary N) is 1. The number of anilines is 1. The first-order chi connectivity index (χ1) is 11.0. The van der Waals surface area contributed by atoms with Crippen LogP contribution in [0.3, 0.4) is 0 Å². The Kier molecular flexibility index (Phi) is 4.75. The van der Waals surface area contributed by atoms with Crippen LogP contribution in [-0.2, 0) is 0 Å². The van der Waals surface area contributed by atoms with Crippen molar-refractivity contribution in [2.24, 2.45) is 0 Å². The highest BCUT2D eigenvalue weighted by Gasteiger charge is 2.17. The molecule has 120 valence electrons. The van der Waals surface area contributed by atoms with Gasteiger partial charge >= 0.3 is 0 Å². The molecule has 0 aliphatic rings. The maximum Gasteiger partial charge on any atom is 0.271 e. The van der Waals surface area contributed by atoms with Gasteiger partial charge in [0.25, 0.3) is 11.6 Å². The van der Waals surface area contributed by atoms with Gasteiger partial charge < -0.3 is 14.8 Å². The summed E-state index contributed by atoms with van der Waals surface area (Å²) in [5.41, 5.74) is -0.482. The van der Waals surface area contributed by atoms with E-state index in [0.717, 1.165) is 18.2 Å².